The fourth-order valence-corrected chi connectivity index (χ4v) is 1.86. The molecule has 0 N–H and O–H groups in total. The van der Waals surface area contributed by atoms with Crippen LogP contribution >= 0.6 is 0 Å². The minimum absolute atomic E-state index is 0.165. The monoisotopic (exact) mass is 289 g/mol. The quantitative estimate of drug-likeness (QED) is 0.795. The number of hydrogen-bond acceptors (Lipinski definition) is 2. The maximum absolute atomic E-state index is 13.4. The van der Waals surface area contributed by atoms with Crippen molar-refractivity contribution in [3.05, 3.63) is 47.5 Å². The summed E-state index contributed by atoms with van der Waals surface area (Å²) in [4.78, 5) is 15.4. The topological polar surface area (TPSA) is 47.3 Å². The van der Waals surface area contributed by atoms with Crippen molar-refractivity contribution in [1.82, 2.24) is 9.80 Å². The van der Waals surface area contributed by atoms with E-state index >= 15 is 0 Å². The predicted molar refractivity (Wildman–Crippen MR) is 80.8 cm³/mol. The van der Waals surface area contributed by atoms with Crippen molar-refractivity contribution in [1.29, 1.82) is 5.26 Å². The Morgan fingerprint density at radius 3 is 2.71 bits per heavy atom. The Morgan fingerprint density at radius 1 is 1.52 bits per heavy atom. The van der Waals surface area contributed by atoms with Crippen molar-refractivity contribution < 1.29 is 9.18 Å². The number of nitriles is 1. The summed E-state index contributed by atoms with van der Waals surface area (Å²) < 4.78 is 13.4. The van der Waals surface area contributed by atoms with Gasteiger partial charge in [-0.25, -0.2) is 9.18 Å². The zero-order valence-electron chi connectivity index (χ0n) is 12.7. The van der Waals surface area contributed by atoms with Gasteiger partial charge in [0.05, 0.1) is 6.07 Å². The van der Waals surface area contributed by atoms with E-state index in [-0.39, 0.29) is 6.03 Å². The summed E-state index contributed by atoms with van der Waals surface area (Å²) in [6.45, 7) is 8.32. The number of carbonyl (C=O) groups is 1. The molecule has 21 heavy (non-hydrogen) atoms. The number of rotatable bonds is 4. The van der Waals surface area contributed by atoms with Crippen LogP contribution < -0.4 is 0 Å². The van der Waals surface area contributed by atoms with E-state index in [2.05, 4.69) is 6.58 Å². The predicted octanol–water partition coefficient (Wildman–Crippen LogP) is 3.53. The van der Waals surface area contributed by atoms with Gasteiger partial charge in [-0.05, 0) is 31.6 Å². The summed E-state index contributed by atoms with van der Waals surface area (Å²) in [5.74, 6) is -0.458. The maximum atomic E-state index is 13.4. The molecule has 0 radical (unpaired) electrons. The average molecular weight is 289 g/mol. The molecule has 0 aromatic heterocycles. The van der Waals surface area contributed by atoms with E-state index in [9.17, 15) is 9.18 Å². The molecule has 1 rings (SSSR count). The van der Waals surface area contributed by atoms with E-state index in [0.29, 0.717) is 30.8 Å². The first-order chi connectivity index (χ1) is 9.88. The highest BCUT2D eigenvalue weighted by Gasteiger charge is 2.20. The van der Waals surface area contributed by atoms with Crippen LogP contribution in [-0.2, 0) is 0 Å². The molecule has 0 heterocycles. The first kappa shape index (κ1) is 16.7. The second-order valence-electron chi connectivity index (χ2n) is 4.95. The molecule has 0 saturated carbocycles. The molecule has 0 saturated heterocycles. The van der Waals surface area contributed by atoms with Gasteiger partial charge in [0, 0.05) is 37.8 Å². The SMILES string of the molecule is C=C(C)N(CC1=CC=C(F)C=C(C#N)C1)C(=O)N(C)CC. The van der Waals surface area contributed by atoms with Crippen LogP contribution in [0.2, 0.25) is 0 Å². The molecule has 0 aromatic rings. The molecule has 2 amide bonds. The fourth-order valence-electron chi connectivity index (χ4n) is 1.86. The Kier molecular flexibility index (Phi) is 5.92. The van der Waals surface area contributed by atoms with Crippen molar-refractivity contribution in [3.63, 3.8) is 0 Å². The Bertz CT molecular complexity index is 567. The molecule has 0 atom stereocenters. The number of nitrogens with zero attached hydrogens (tertiary/aromatic N) is 3. The van der Waals surface area contributed by atoms with Gasteiger partial charge in [0.2, 0.25) is 0 Å². The standard InChI is InChI=1S/C16H20FN3O/c1-5-19(4)16(21)20(12(2)3)11-13-6-7-15(17)9-14(8-13)10-18/h6-7,9H,2,5,8,11H2,1,3-4H3. The lowest BCUT2D eigenvalue weighted by Crippen LogP contribution is -2.40. The van der Waals surface area contributed by atoms with Crippen LogP contribution in [0.3, 0.4) is 0 Å². The van der Waals surface area contributed by atoms with Crippen LogP contribution in [0.25, 0.3) is 0 Å². The van der Waals surface area contributed by atoms with Gasteiger partial charge < -0.3 is 4.90 Å². The number of carbonyl (C=O) groups excluding carboxylic acids is 1. The highest BCUT2D eigenvalue weighted by molar-refractivity contribution is 5.76. The molecular formula is C16H20FN3O. The molecule has 0 bridgehead atoms. The fraction of sp³-hybridized carbons (Fsp3) is 0.375. The van der Waals surface area contributed by atoms with E-state index in [1.165, 1.54) is 17.1 Å². The van der Waals surface area contributed by atoms with Crippen LogP contribution in [0, 0.1) is 11.3 Å². The third-order valence-corrected chi connectivity index (χ3v) is 3.21. The van der Waals surface area contributed by atoms with Gasteiger partial charge in [0.15, 0.2) is 0 Å². The lowest BCUT2D eigenvalue weighted by Gasteiger charge is -2.28. The molecule has 1 aliphatic rings. The molecule has 0 aliphatic heterocycles. The third-order valence-electron chi connectivity index (χ3n) is 3.21. The van der Waals surface area contributed by atoms with Crippen LogP contribution in [-0.4, -0.2) is 36.0 Å². The number of amides is 2. The Labute approximate surface area is 125 Å². The molecule has 0 aromatic carbocycles. The smallest absolute Gasteiger partial charge is 0.324 e. The number of hydrogen-bond donors (Lipinski definition) is 0. The lowest BCUT2D eigenvalue weighted by molar-refractivity contribution is 0.181. The highest BCUT2D eigenvalue weighted by atomic mass is 19.1. The molecule has 0 unspecified atom stereocenters. The van der Waals surface area contributed by atoms with Gasteiger partial charge in [0.25, 0.3) is 0 Å². The maximum Gasteiger partial charge on any atom is 0.324 e. The van der Waals surface area contributed by atoms with Gasteiger partial charge in [0.1, 0.15) is 5.83 Å². The van der Waals surface area contributed by atoms with Gasteiger partial charge in [-0.3, -0.25) is 4.90 Å². The Balaban J connectivity index is 2.96. The first-order valence-corrected chi connectivity index (χ1v) is 6.73. The van der Waals surface area contributed by atoms with Crippen molar-refractivity contribution in [3.8, 4) is 6.07 Å². The molecule has 1 aliphatic carbocycles. The first-order valence-electron chi connectivity index (χ1n) is 6.73. The van der Waals surface area contributed by atoms with E-state index in [1.54, 1.807) is 24.9 Å². The van der Waals surface area contributed by atoms with Crippen LogP contribution in [0.15, 0.2) is 47.5 Å². The number of allylic oxidation sites excluding steroid dienone is 6. The summed E-state index contributed by atoms with van der Waals surface area (Å²) in [6.07, 6.45) is 4.47. The zero-order chi connectivity index (χ0) is 16.0. The van der Waals surface area contributed by atoms with Crippen molar-refractivity contribution in [2.24, 2.45) is 0 Å². The molecular weight excluding hydrogens is 269 g/mol. The largest absolute Gasteiger partial charge is 0.328 e. The molecule has 5 heteroatoms. The summed E-state index contributed by atoms with van der Waals surface area (Å²) in [7, 11) is 1.71. The zero-order valence-corrected chi connectivity index (χ0v) is 12.7. The van der Waals surface area contributed by atoms with Gasteiger partial charge in [-0.15, -0.1) is 0 Å². The van der Waals surface area contributed by atoms with Gasteiger partial charge in [-0.1, -0.05) is 12.7 Å². The van der Waals surface area contributed by atoms with Crippen molar-refractivity contribution in [2.75, 3.05) is 20.1 Å². The average Bonchev–Trinajstić information content (AvgIpc) is 2.64. The lowest BCUT2D eigenvalue weighted by atomic mass is 10.1. The van der Waals surface area contributed by atoms with Gasteiger partial charge >= 0.3 is 6.03 Å². The summed E-state index contributed by atoms with van der Waals surface area (Å²) in [5, 5.41) is 8.98. The summed E-state index contributed by atoms with van der Waals surface area (Å²) in [5.41, 5.74) is 1.74. The summed E-state index contributed by atoms with van der Waals surface area (Å²) >= 11 is 0. The van der Waals surface area contributed by atoms with E-state index < -0.39 is 5.83 Å². The second-order valence-corrected chi connectivity index (χ2v) is 4.95. The molecule has 4 nitrogen and oxygen atoms in total. The Hall–Kier alpha value is -2.35. The van der Waals surface area contributed by atoms with Gasteiger partial charge in [-0.2, -0.15) is 5.26 Å². The van der Waals surface area contributed by atoms with Crippen LogP contribution in [0.4, 0.5) is 9.18 Å². The number of urea groups is 1. The van der Waals surface area contributed by atoms with E-state index in [1.807, 2.05) is 13.0 Å². The number of halogens is 1. The normalized spacial score (nSPS) is 14.1. The minimum Gasteiger partial charge on any atom is -0.328 e. The summed E-state index contributed by atoms with van der Waals surface area (Å²) in [6, 6.07) is 1.81. The van der Waals surface area contributed by atoms with Crippen molar-refractivity contribution >= 4 is 6.03 Å². The molecule has 0 spiro atoms. The minimum atomic E-state index is -0.458. The third kappa shape index (κ3) is 4.60. The second kappa shape index (κ2) is 7.44. The van der Waals surface area contributed by atoms with E-state index in [4.69, 9.17) is 5.26 Å². The Morgan fingerprint density at radius 2 is 2.19 bits per heavy atom. The van der Waals surface area contributed by atoms with Crippen molar-refractivity contribution in [2.45, 2.75) is 20.3 Å². The van der Waals surface area contributed by atoms with E-state index in [0.717, 1.165) is 5.57 Å². The molecule has 112 valence electrons. The van der Waals surface area contributed by atoms with Crippen LogP contribution in [0.1, 0.15) is 20.3 Å². The molecule has 0 fully saturated rings. The van der Waals surface area contributed by atoms with Crippen LogP contribution in [0.5, 0.6) is 0 Å². The highest BCUT2D eigenvalue weighted by Crippen LogP contribution is 2.21.